The molecule has 1 atom stereocenters. The summed E-state index contributed by atoms with van der Waals surface area (Å²) in [4.78, 5) is 16.8. The van der Waals surface area contributed by atoms with E-state index < -0.39 is 0 Å². The van der Waals surface area contributed by atoms with Gasteiger partial charge in [0, 0.05) is 31.7 Å². The number of aromatic nitrogens is 4. The van der Waals surface area contributed by atoms with Gasteiger partial charge in [0.1, 0.15) is 12.1 Å². The molecule has 134 valence electrons. The molecule has 4 rings (SSSR count). The smallest absolute Gasteiger partial charge is 0.234 e. The van der Waals surface area contributed by atoms with Crippen molar-refractivity contribution in [1.29, 1.82) is 0 Å². The average Bonchev–Trinajstić information content (AvgIpc) is 3.25. The second-order valence-corrected chi connectivity index (χ2v) is 7.15. The summed E-state index contributed by atoms with van der Waals surface area (Å²) in [5.74, 6) is 1.09. The Morgan fingerprint density at radius 1 is 1.28 bits per heavy atom. The lowest BCUT2D eigenvalue weighted by Crippen LogP contribution is -2.54. The van der Waals surface area contributed by atoms with Crippen LogP contribution in [0.25, 0.3) is 5.65 Å². The minimum Gasteiger partial charge on any atom is -0.352 e. The molecule has 2 aromatic rings. The van der Waals surface area contributed by atoms with Gasteiger partial charge in [0.05, 0.1) is 6.54 Å². The van der Waals surface area contributed by atoms with Crippen LogP contribution in [0.4, 0.5) is 5.82 Å². The number of piperazine rings is 1. The van der Waals surface area contributed by atoms with Crippen LogP contribution in [0.1, 0.15) is 32.6 Å². The number of hydrogen-bond donors (Lipinski definition) is 1. The van der Waals surface area contributed by atoms with Crippen molar-refractivity contribution in [3.63, 3.8) is 0 Å². The Morgan fingerprint density at radius 2 is 2.12 bits per heavy atom. The zero-order valence-electron chi connectivity index (χ0n) is 14.6. The van der Waals surface area contributed by atoms with E-state index in [9.17, 15) is 4.79 Å². The molecule has 3 heterocycles. The zero-order valence-corrected chi connectivity index (χ0v) is 14.6. The Morgan fingerprint density at radius 3 is 2.92 bits per heavy atom. The van der Waals surface area contributed by atoms with Crippen molar-refractivity contribution in [2.24, 2.45) is 0 Å². The lowest BCUT2D eigenvalue weighted by molar-refractivity contribution is -0.123. The minimum atomic E-state index is 0.164. The van der Waals surface area contributed by atoms with Gasteiger partial charge in [0.2, 0.25) is 5.91 Å². The molecule has 1 unspecified atom stereocenters. The van der Waals surface area contributed by atoms with Crippen LogP contribution in [0.3, 0.4) is 0 Å². The molecule has 2 aromatic heterocycles. The highest BCUT2D eigenvalue weighted by molar-refractivity contribution is 5.78. The van der Waals surface area contributed by atoms with E-state index in [-0.39, 0.29) is 5.91 Å². The molecule has 1 saturated heterocycles. The summed E-state index contributed by atoms with van der Waals surface area (Å²) in [6, 6.07) is 4.62. The number of amides is 1. The van der Waals surface area contributed by atoms with E-state index in [4.69, 9.17) is 0 Å². The Hall–Kier alpha value is -2.22. The molecule has 1 amide bonds. The van der Waals surface area contributed by atoms with Crippen LogP contribution < -0.4 is 10.2 Å². The lowest BCUT2D eigenvalue weighted by Gasteiger charge is -2.40. The number of hydrogen-bond acceptors (Lipinski definition) is 6. The molecule has 2 aliphatic rings. The molecule has 1 aliphatic carbocycles. The second-order valence-electron chi connectivity index (χ2n) is 7.15. The average molecular weight is 343 g/mol. The first-order chi connectivity index (χ1) is 12.2. The van der Waals surface area contributed by atoms with Crippen molar-refractivity contribution >= 4 is 17.4 Å². The van der Waals surface area contributed by atoms with Crippen molar-refractivity contribution in [2.75, 3.05) is 31.1 Å². The highest BCUT2D eigenvalue weighted by Crippen LogP contribution is 2.19. The number of fused-ring (bicyclic) bond motifs is 1. The van der Waals surface area contributed by atoms with E-state index in [1.807, 2.05) is 12.1 Å². The van der Waals surface area contributed by atoms with E-state index >= 15 is 0 Å². The fourth-order valence-electron chi connectivity index (χ4n) is 3.94. The standard InChI is InChI=1S/C17H25N7O/c1-13-10-22(11-17(25)19-14-4-2-3-5-14)8-9-23(13)16-7-6-15-20-18-12-24(15)21-16/h6-7,12-14H,2-5,8-11H2,1H3,(H,19,25). The van der Waals surface area contributed by atoms with Crippen molar-refractivity contribution in [3.05, 3.63) is 18.5 Å². The van der Waals surface area contributed by atoms with Crippen LogP contribution in [0.5, 0.6) is 0 Å². The number of anilines is 1. The largest absolute Gasteiger partial charge is 0.352 e. The quantitative estimate of drug-likeness (QED) is 0.880. The zero-order chi connectivity index (χ0) is 17.2. The van der Waals surface area contributed by atoms with Gasteiger partial charge in [-0.15, -0.1) is 15.3 Å². The van der Waals surface area contributed by atoms with Crippen LogP contribution >= 0.6 is 0 Å². The topological polar surface area (TPSA) is 78.7 Å². The number of carbonyl (C=O) groups is 1. The van der Waals surface area contributed by atoms with Gasteiger partial charge in [-0.05, 0) is 31.9 Å². The summed E-state index contributed by atoms with van der Waals surface area (Å²) in [6.45, 7) is 5.26. The van der Waals surface area contributed by atoms with Crippen molar-refractivity contribution < 1.29 is 4.79 Å². The number of carbonyl (C=O) groups excluding carboxylic acids is 1. The normalized spacial score (nSPS) is 22.6. The first kappa shape index (κ1) is 16.3. The third-order valence-electron chi connectivity index (χ3n) is 5.24. The summed E-state index contributed by atoms with van der Waals surface area (Å²) in [6.07, 6.45) is 6.36. The fraction of sp³-hybridized carbons (Fsp3) is 0.647. The Kier molecular flexibility index (Phi) is 4.52. The lowest BCUT2D eigenvalue weighted by atomic mass is 10.2. The first-order valence-corrected chi connectivity index (χ1v) is 9.14. The molecule has 1 saturated carbocycles. The summed E-state index contributed by atoms with van der Waals surface area (Å²) in [7, 11) is 0. The Bertz CT molecular complexity index is 739. The van der Waals surface area contributed by atoms with Crippen molar-refractivity contribution in [1.82, 2.24) is 30.0 Å². The molecule has 1 N–H and O–H groups in total. The second kappa shape index (κ2) is 6.95. The van der Waals surface area contributed by atoms with E-state index in [0.717, 1.165) is 43.9 Å². The summed E-state index contributed by atoms with van der Waals surface area (Å²) < 4.78 is 1.70. The minimum absolute atomic E-state index is 0.164. The van der Waals surface area contributed by atoms with Crippen LogP contribution in [0, 0.1) is 0 Å². The summed E-state index contributed by atoms with van der Waals surface area (Å²) in [5, 5.41) is 15.6. The third-order valence-corrected chi connectivity index (χ3v) is 5.24. The van der Waals surface area contributed by atoms with Gasteiger partial charge in [0.15, 0.2) is 5.65 Å². The first-order valence-electron chi connectivity index (χ1n) is 9.14. The molecule has 2 fully saturated rings. The van der Waals surface area contributed by atoms with Gasteiger partial charge < -0.3 is 10.2 Å². The number of nitrogens with one attached hydrogen (secondary N) is 1. The molecular weight excluding hydrogens is 318 g/mol. The molecule has 8 nitrogen and oxygen atoms in total. The van der Waals surface area contributed by atoms with Crippen LogP contribution in [0.2, 0.25) is 0 Å². The third kappa shape index (κ3) is 3.58. The van der Waals surface area contributed by atoms with Gasteiger partial charge in [-0.1, -0.05) is 12.8 Å². The van der Waals surface area contributed by atoms with Gasteiger partial charge in [-0.3, -0.25) is 9.69 Å². The highest BCUT2D eigenvalue weighted by atomic mass is 16.2. The molecule has 0 aromatic carbocycles. The Balaban J connectivity index is 1.34. The van der Waals surface area contributed by atoms with Gasteiger partial charge >= 0.3 is 0 Å². The van der Waals surface area contributed by atoms with E-state index in [0.29, 0.717) is 18.6 Å². The maximum absolute atomic E-state index is 12.2. The van der Waals surface area contributed by atoms with Crippen LogP contribution in [-0.4, -0.2) is 68.9 Å². The van der Waals surface area contributed by atoms with Gasteiger partial charge in [-0.2, -0.15) is 4.52 Å². The van der Waals surface area contributed by atoms with Crippen molar-refractivity contribution in [2.45, 2.75) is 44.7 Å². The van der Waals surface area contributed by atoms with Crippen LogP contribution in [0.15, 0.2) is 18.5 Å². The van der Waals surface area contributed by atoms with E-state index in [1.54, 1.807) is 10.8 Å². The predicted octanol–water partition coefficient (Wildman–Crippen LogP) is 0.694. The number of nitrogens with zero attached hydrogens (tertiary/aromatic N) is 6. The van der Waals surface area contributed by atoms with Crippen LogP contribution in [-0.2, 0) is 4.79 Å². The summed E-state index contributed by atoms with van der Waals surface area (Å²) in [5.41, 5.74) is 0.749. The molecule has 0 bridgehead atoms. The Labute approximate surface area is 147 Å². The van der Waals surface area contributed by atoms with E-state index in [2.05, 4.69) is 37.3 Å². The highest BCUT2D eigenvalue weighted by Gasteiger charge is 2.27. The number of rotatable bonds is 4. The molecule has 8 heteroatoms. The van der Waals surface area contributed by atoms with Gasteiger partial charge in [0.25, 0.3) is 0 Å². The SMILES string of the molecule is CC1CN(CC(=O)NC2CCCC2)CCN1c1ccc2nncn2n1. The maximum atomic E-state index is 12.2. The molecule has 25 heavy (non-hydrogen) atoms. The molecule has 1 aliphatic heterocycles. The van der Waals surface area contributed by atoms with E-state index in [1.165, 1.54) is 12.8 Å². The monoisotopic (exact) mass is 343 g/mol. The summed E-state index contributed by atoms with van der Waals surface area (Å²) >= 11 is 0. The maximum Gasteiger partial charge on any atom is 0.234 e. The van der Waals surface area contributed by atoms with Crippen molar-refractivity contribution in [3.8, 4) is 0 Å². The predicted molar refractivity (Wildman–Crippen MR) is 94.4 cm³/mol. The van der Waals surface area contributed by atoms with Gasteiger partial charge in [-0.25, -0.2) is 0 Å². The molecule has 0 spiro atoms. The molecule has 0 radical (unpaired) electrons. The fourth-order valence-corrected chi connectivity index (χ4v) is 3.94. The molecular formula is C17H25N7O.